The summed E-state index contributed by atoms with van der Waals surface area (Å²) in [6.45, 7) is 6.57. The fraction of sp³-hybridized carbons (Fsp3) is 0.562. The maximum atomic E-state index is 12.3. The molecule has 0 unspecified atom stereocenters. The molecule has 0 saturated carbocycles. The largest absolute Gasteiger partial charge is 0.353 e. The number of hydrogen-bond acceptors (Lipinski definition) is 4. The van der Waals surface area contributed by atoms with Crippen molar-refractivity contribution in [3.05, 3.63) is 29.3 Å². The predicted octanol–water partition coefficient (Wildman–Crippen LogP) is 1.14. The van der Waals surface area contributed by atoms with E-state index in [0.29, 0.717) is 18.8 Å². The number of rotatable bonds is 7. The summed E-state index contributed by atoms with van der Waals surface area (Å²) >= 11 is 0. The van der Waals surface area contributed by atoms with E-state index in [-0.39, 0.29) is 5.91 Å². The molecule has 1 rings (SSSR count). The summed E-state index contributed by atoms with van der Waals surface area (Å²) in [6.07, 6.45) is 1.12. The van der Waals surface area contributed by atoms with E-state index in [1.54, 1.807) is 19.1 Å². The van der Waals surface area contributed by atoms with Gasteiger partial charge in [0.15, 0.2) is 0 Å². The summed E-state index contributed by atoms with van der Waals surface area (Å²) < 4.78 is 25.6. The van der Waals surface area contributed by atoms with Crippen molar-refractivity contribution in [1.29, 1.82) is 0 Å². The van der Waals surface area contributed by atoms with Crippen LogP contribution in [0.15, 0.2) is 18.2 Å². The fourth-order valence-corrected chi connectivity index (χ4v) is 3.60. The van der Waals surface area contributed by atoms with E-state index in [1.807, 2.05) is 38.9 Å². The Labute approximate surface area is 139 Å². The molecular formula is C16H27N3O3S. The zero-order valence-corrected chi connectivity index (χ0v) is 15.6. The summed E-state index contributed by atoms with van der Waals surface area (Å²) in [4.78, 5) is 14.3. The average molecular weight is 341 g/mol. The standard InChI is InChI=1S/C16H27N3O3S/c1-12-9-13(2)11-15(10-12)19(23(6,21)22)14(3)16(20)17-7-8-18(4)5/h9-11,14H,7-8H2,1-6H3,(H,17,20)/t14-/m0/s1. The van der Waals surface area contributed by atoms with Crippen molar-refractivity contribution in [3.8, 4) is 0 Å². The van der Waals surface area contributed by atoms with Crippen molar-refractivity contribution in [3.63, 3.8) is 0 Å². The van der Waals surface area contributed by atoms with E-state index in [4.69, 9.17) is 0 Å². The predicted molar refractivity (Wildman–Crippen MR) is 94.3 cm³/mol. The Morgan fingerprint density at radius 3 is 2.13 bits per heavy atom. The topological polar surface area (TPSA) is 69.7 Å². The molecule has 1 aromatic rings. The van der Waals surface area contributed by atoms with Crippen molar-refractivity contribution in [2.75, 3.05) is 37.7 Å². The Morgan fingerprint density at radius 2 is 1.70 bits per heavy atom. The van der Waals surface area contributed by atoms with Crippen LogP contribution in [0.5, 0.6) is 0 Å². The SMILES string of the molecule is Cc1cc(C)cc(N([C@@H](C)C(=O)NCCN(C)C)S(C)(=O)=O)c1. The van der Waals surface area contributed by atoms with Gasteiger partial charge in [-0.25, -0.2) is 8.42 Å². The highest BCUT2D eigenvalue weighted by Crippen LogP contribution is 2.23. The molecule has 1 N–H and O–H groups in total. The van der Waals surface area contributed by atoms with Gasteiger partial charge in [-0.05, 0) is 58.1 Å². The lowest BCUT2D eigenvalue weighted by molar-refractivity contribution is -0.121. The lowest BCUT2D eigenvalue weighted by Crippen LogP contribution is -2.48. The van der Waals surface area contributed by atoms with Gasteiger partial charge < -0.3 is 10.2 Å². The number of nitrogens with one attached hydrogen (secondary N) is 1. The van der Waals surface area contributed by atoms with E-state index in [2.05, 4.69) is 5.32 Å². The van der Waals surface area contributed by atoms with Crippen LogP contribution in [0.25, 0.3) is 0 Å². The number of nitrogens with zero attached hydrogens (tertiary/aromatic N) is 2. The quantitative estimate of drug-likeness (QED) is 0.807. The molecular weight excluding hydrogens is 314 g/mol. The first-order valence-corrected chi connectivity index (χ1v) is 9.37. The van der Waals surface area contributed by atoms with Crippen LogP contribution >= 0.6 is 0 Å². The smallest absolute Gasteiger partial charge is 0.243 e. The number of carbonyl (C=O) groups is 1. The van der Waals surface area contributed by atoms with Crippen LogP contribution < -0.4 is 9.62 Å². The molecule has 0 fully saturated rings. The molecule has 0 spiro atoms. The van der Waals surface area contributed by atoms with Crippen LogP contribution in [0.2, 0.25) is 0 Å². The maximum Gasteiger partial charge on any atom is 0.243 e. The number of anilines is 1. The monoisotopic (exact) mass is 341 g/mol. The summed E-state index contributed by atoms with van der Waals surface area (Å²) in [6, 6.07) is 4.70. The number of sulfonamides is 1. The lowest BCUT2D eigenvalue weighted by Gasteiger charge is -2.29. The van der Waals surface area contributed by atoms with Gasteiger partial charge in [0.05, 0.1) is 11.9 Å². The Bertz CT molecular complexity index is 636. The molecule has 6 nitrogen and oxygen atoms in total. The van der Waals surface area contributed by atoms with Gasteiger partial charge in [0.25, 0.3) is 0 Å². The van der Waals surface area contributed by atoms with E-state index < -0.39 is 16.1 Å². The number of benzene rings is 1. The van der Waals surface area contributed by atoms with Gasteiger partial charge in [-0.3, -0.25) is 9.10 Å². The molecule has 0 aliphatic carbocycles. The van der Waals surface area contributed by atoms with Crippen LogP contribution in [0, 0.1) is 13.8 Å². The van der Waals surface area contributed by atoms with Crippen molar-refractivity contribution in [1.82, 2.24) is 10.2 Å². The summed E-state index contributed by atoms with van der Waals surface area (Å²) in [5.41, 5.74) is 2.42. The molecule has 0 radical (unpaired) electrons. The summed E-state index contributed by atoms with van der Waals surface area (Å²) in [5, 5.41) is 2.78. The zero-order chi connectivity index (χ0) is 17.8. The average Bonchev–Trinajstić information content (AvgIpc) is 2.35. The molecule has 0 aliphatic rings. The number of likely N-dealkylation sites (N-methyl/N-ethyl adjacent to an activating group) is 1. The highest BCUT2D eigenvalue weighted by Gasteiger charge is 2.29. The first kappa shape index (κ1) is 19.4. The second-order valence-corrected chi connectivity index (χ2v) is 8.03. The Balaban J connectivity index is 3.05. The fourth-order valence-electron chi connectivity index (χ4n) is 2.44. The van der Waals surface area contributed by atoms with Crippen molar-refractivity contribution in [2.24, 2.45) is 0 Å². The molecule has 0 aliphatic heterocycles. The highest BCUT2D eigenvalue weighted by atomic mass is 32.2. The molecule has 0 aromatic heterocycles. The minimum atomic E-state index is -3.58. The van der Waals surface area contributed by atoms with Gasteiger partial charge in [-0.1, -0.05) is 6.07 Å². The first-order valence-electron chi connectivity index (χ1n) is 7.52. The maximum absolute atomic E-state index is 12.3. The third-order valence-corrected chi connectivity index (χ3v) is 4.65. The van der Waals surface area contributed by atoms with Crippen LogP contribution in [0.4, 0.5) is 5.69 Å². The lowest BCUT2D eigenvalue weighted by atomic mass is 10.1. The van der Waals surface area contributed by atoms with Crippen molar-refractivity contribution < 1.29 is 13.2 Å². The summed E-state index contributed by atoms with van der Waals surface area (Å²) in [5.74, 6) is -0.309. The molecule has 7 heteroatoms. The third-order valence-electron chi connectivity index (χ3n) is 3.41. The third kappa shape index (κ3) is 5.84. The molecule has 1 amide bonds. The molecule has 23 heavy (non-hydrogen) atoms. The van der Waals surface area contributed by atoms with E-state index in [9.17, 15) is 13.2 Å². The van der Waals surface area contributed by atoms with Crippen molar-refractivity contribution in [2.45, 2.75) is 26.8 Å². The number of hydrogen-bond donors (Lipinski definition) is 1. The molecule has 130 valence electrons. The summed E-state index contributed by atoms with van der Waals surface area (Å²) in [7, 11) is 0.246. The Morgan fingerprint density at radius 1 is 1.17 bits per heavy atom. The molecule has 1 aromatic carbocycles. The van der Waals surface area contributed by atoms with Gasteiger partial charge in [0.1, 0.15) is 6.04 Å². The number of amides is 1. The second-order valence-electron chi connectivity index (χ2n) is 6.18. The zero-order valence-electron chi connectivity index (χ0n) is 14.8. The minimum absolute atomic E-state index is 0.309. The van der Waals surface area contributed by atoms with E-state index >= 15 is 0 Å². The molecule has 0 heterocycles. The van der Waals surface area contributed by atoms with Crippen LogP contribution in [-0.2, 0) is 14.8 Å². The van der Waals surface area contributed by atoms with Gasteiger partial charge in [-0.2, -0.15) is 0 Å². The Kier molecular flexibility index (Phi) is 6.58. The molecule has 0 saturated heterocycles. The van der Waals surface area contributed by atoms with Crippen LogP contribution in [0.3, 0.4) is 0 Å². The second kappa shape index (κ2) is 7.79. The van der Waals surface area contributed by atoms with Crippen LogP contribution in [-0.4, -0.2) is 58.7 Å². The van der Waals surface area contributed by atoms with Gasteiger partial charge in [0, 0.05) is 13.1 Å². The first-order chi connectivity index (χ1) is 10.5. The van der Waals surface area contributed by atoms with Crippen molar-refractivity contribution >= 4 is 21.6 Å². The Hall–Kier alpha value is -1.60. The molecule has 1 atom stereocenters. The van der Waals surface area contributed by atoms with E-state index in [1.165, 1.54) is 4.31 Å². The number of aryl methyl sites for hydroxylation is 2. The molecule has 0 bridgehead atoms. The van der Waals surface area contributed by atoms with Gasteiger partial charge in [0.2, 0.25) is 15.9 Å². The number of carbonyl (C=O) groups excluding carboxylic acids is 1. The van der Waals surface area contributed by atoms with Gasteiger partial charge in [-0.15, -0.1) is 0 Å². The van der Waals surface area contributed by atoms with E-state index in [0.717, 1.165) is 17.4 Å². The van der Waals surface area contributed by atoms with Gasteiger partial charge >= 0.3 is 0 Å². The highest BCUT2D eigenvalue weighted by molar-refractivity contribution is 7.92. The van der Waals surface area contributed by atoms with Crippen LogP contribution in [0.1, 0.15) is 18.1 Å². The normalized spacial score (nSPS) is 13.0. The minimum Gasteiger partial charge on any atom is -0.353 e.